The van der Waals surface area contributed by atoms with Gasteiger partial charge in [0.15, 0.2) is 11.9 Å². The normalized spacial score (nSPS) is 12.5. The van der Waals surface area contributed by atoms with Gasteiger partial charge in [0, 0.05) is 6.54 Å². The number of ether oxygens (including phenoxy) is 2. The number of carbonyl (C=O) groups is 2. The lowest BCUT2D eigenvalue weighted by Crippen LogP contribution is -2.33. The summed E-state index contributed by atoms with van der Waals surface area (Å²) < 4.78 is 10.3. The van der Waals surface area contributed by atoms with Gasteiger partial charge in [-0.1, -0.05) is 12.1 Å². The number of aromatic nitrogens is 2. The number of amides is 1. The number of fused-ring (bicyclic) bond motifs is 1. The Morgan fingerprint density at radius 1 is 1.27 bits per heavy atom. The van der Waals surface area contributed by atoms with Crippen molar-refractivity contribution in [3.05, 3.63) is 40.4 Å². The molecule has 0 aliphatic rings. The lowest BCUT2D eigenvalue weighted by molar-refractivity contribution is -0.148. The van der Waals surface area contributed by atoms with Crippen LogP contribution in [0.2, 0.25) is 0 Å². The van der Waals surface area contributed by atoms with Gasteiger partial charge in [0.2, 0.25) is 0 Å². The number of carbonyl (C=O) groups excluding carboxylic acids is 2. The van der Waals surface area contributed by atoms with Crippen LogP contribution >= 0.6 is 0 Å². The van der Waals surface area contributed by atoms with Crippen molar-refractivity contribution in [1.29, 1.82) is 0 Å². The summed E-state index contributed by atoms with van der Waals surface area (Å²) in [6.45, 7) is 6.95. The second-order valence-corrected chi connectivity index (χ2v) is 6.78. The molecule has 0 aliphatic heterocycles. The van der Waals surface area contributed by atoms with E-state index in [0.29, 0.717) is 10.9 Å². The lowest BCUT2D eigenvalue weighted by atomic mass is 10.2. The molecule has 1 atom stereocenters. The van der Waals surface area contributed by atoms with Crippen molar-refractivity contribution in [1.82, 2.24) is 15.3 Å². The van der Waals surface area contributed by atoms with E-state index in [1.807, 2.05) is 0 Å². The van der Waals surface area contributed by atoms with Gasteiger partial charge in [0.25, 0.3) is 5.56 Å². The van der Waals surface area contributed by atoms with Crippen LogP contribution in [0, 0.1) is 0 Å². The van der Waals surface area contributed by atoms with Crippen LogP contribution in [0.1, 0.15) is 46.0 Å². The summed E-state index contributed by atoms with van der Waals surface area (Å²) in [7, 11) is 0. The van der Waals surface area contributed by atoms with E-state index in [1.54, 1.807) is 52.0 Å². The molecule has 1 amide bonds. The molecule has 26 heavy (non-hydrogen) atoms. The van der Waals surface area contributed by atoms with Crippen LogP contribution in [0.5, 0.6) is 0 Å². The average Bonchev–Trinajstić information content (AvgIpc) is 2.53. The SMILES string of the molecule is C[C@@H](OC(=O)CCNC(=O)OC(C)(C)C)c1nc2ccccc2c(=O)[nH]1. The van der Waals surface area contributed by atoms with Crippen molar-refractivity contribution >= 4 is 23.0 Å². The fraction of sp³-hybridized carbons (Fsp3) is 0.444. The first-order valence-corrected chi connectivity index (χ1v) is 8.31. The summed E-state index contributed by atoms with van der Waals surface area (Å²) in [5.41, 5.74) is -0.368. The van der Waals surface area contributed by atoms with Gasteiger partial charge in [-0.15, -0.1) is 0 Å². The number of alkyl carbamates (subject to hydrolysis) is 1. The average molecular weight is 361 g/mol. The maximum Gasteiger partial charge on any atom is 0.407 e. The Balaban J connectivity index is 1.89. The highest BCUT2D eigenvalue weighted by Gasteiger charge is 2.18. The molecule has 0 saturated carbocycles. The number of hydrogen-bond donors (Lipinski definition) is 2. The summed E-state index contributed by atoms with van der Waals surface area (Å²) in [6.07, 6.45) is -1.35. The van der Waals surface area contributed by atoms with Gasteiger partial charge in [0.1, 0.15) is 5.60 Å². The molecule has 2 aromatic rings. The highest BCUT2D eigenvalue weighted by Crippen LogP contribution is 2.14. The number of H-pyrrole nitrogens is 1. The molecule has 0 bridgehead atoms. The quantitative estimate of drug-likeness (QED) is 0.792. The number of nitrogens with zero attached hydrogens (tertiary/aromatic N) is 1. The molecule has 2 rings (SSSR count). The second-order valence-electron chi connectivity index (χ2n) is 6.78. The third-order valence-corrected chi connectivity index (χ3v) is 3.32. The van der Waals surface area contributed by atoms with Gasteiger partial charge in [-0.2, -0.15) is 0 Å². The molecule has 0 fully saturated rings. The number of para-hydroxylation sites is 1. The van der Waals surface area contributed by atoms with E-state index < -0.39 is 23.8 Å². The Hall–Kier alpha value is -2.90. The Morgan fingerprint density at radius 2 is 1.96 bits per heavy atom. The molecule has 140 valence electrons. The number of hydrogen-bond acceptors (Lipinski definition) is 6. The fourth-order valence-electron chi connectivity index (χ4n) is 2.19. The van der Waals surface area contributed by atoms with Gasteiger partial charge in [-0.05, 0) is 39.8 Å². The molecule has 1 aromatic carbocycles. The highest BCUT2D eigenvalue weighted by molar-refractivity contribution is 5.77. The van der Waals surface area contributed by atoms with Crippen LogP contribution in [-0.4, -0.2) is 34.2 Å². The van der Waals surface area contributed by atoms with E-state index in [-0.39, 0.29) is 24.3 Å². The van der Waals surface area contributed by atoms with E-state index in [9.17, 15) is 14.4 Å². The lowest BCUT2D eigenvalue weighted by Gasteiger charge is -2.19. The minimum atomic E-state index is -0.721. The Bertz CT molecular complexity index is 854. The summed E-state index contributed by atoms with van der Waals surface area (Å²) in [5, 5.41) is 2.95. The van der Waals surface area contributed by atoms with Crippen LogP contribution in [-0.2, 0) is 14.3 Å². The molecular formula is C18H23N3O5. The zero-order valence-electron chi connectivity index (χ0n) is 15.3. The number of benzene rings is 1. The van der Waals surface area contributed by atoms with E-state index in [0.717, 1.165) is 0 Å². The molecular weight excluding hydrogens is 338 g/mol. The minimum Gasteiger partial charge on any atom is -0.454 e. The van der Waals surface area contributed by atoms with Crippen molar-refractivity contribution in [3.63, 3.8) is 0 Å². The summed E-state index contributed by atoms with van der Waals surface area (Å²) in [5.74, 6) is -0.258. The van der Waals surface area contributed by atoms with Crippen molar-refractivity contribution in [3.8, 4) is 0 Å². The topological polar surface area (TPSA) is 110 Å². The third-order valence-electron chi connectivity index (χ3n) is 3.32. The Labute approximate surface area is 150 Å². The zero-order chi connectivity index (χ0) is 19.3. The Kier molecular flexibility index (Phi) is 5.97. The third kappa shape index (κ3) is 5.58. The van der Waals surface area contributed by atoms with Crippen LogP contribution < -0.4 is 10.9 Å². The molecule has 1 heterocycles. The van der Waals surface area contributed by atoms with Gasteiger partial charge >= 0.3 is 12.1 Å². The van der Waals surface area contributed by atoms with E-state index >= 15 is 0 Å². The van der Waals surface area contributed by atoms with E-state index in [2.05, 4.69) is 15.3 Å². The van der Waals surface area contributed by atoms with Crippen LogP contribution in [0.15, 0.2) is 29.1 Å². The monoisotopic (exact) mass is 361 g/mol. The molecule has 0 spiro atoms. The van der Waals surface area contributed by atoms with E-state index in [1.165, 1.54) is 0 Å². The molecule has 2 N–H and O–H groups in total. The first kappa shape index (κ1) is 19.4. The molecule has 1 aromatic heterocycles. The second kappa shape index (κ2) is 7.99. The maximum absolute atomic E-state index is 12.1. The van der Waals surface area contributed by atoms with Crippen molar-refractivity contribution in [2.75, 3.05) is 6.54 Å². The first-order valence-electron chi connectivity index (χ1n) is 8.31. The highest BCUT2D eigenvalue weighted by atomic mass is 16.6. The largest absolute Gasteiger partial charge is 0.454 e. The molecule has 8 heteroatoms. The first-order chi connectivity index (χ1) is 12.2. The van der Waals surface area contributed by atoms with Gasteiger partial charge in [0.05, 0.1) is 17.3 Å². The summed E-state index contributed by atoms with van der Waals surface area (Å²) in [6, 6.07) is 6.91. The van der Waals surface area contributed by atoms with Crippen molar-refractivity contribution in [2.45, 2.75) is 45.8 Å². The molecule has 0 radical (unpaired) electrons. The van der Waals surface area contributed by atoms with Crippen LogP contribution in [0.3, 0.4) is 0 Å². The number of nitrogens with one attached hydrogen (secondary N) is 2. The number of aromatic amines is 1. The van der Waals surface area contributed by atoms with Crippen molar-refractivity contribution in [2.24, 2.45) is 0 Å². The number of rotatable bonds is 5. The minimum absolute atomic E-state index is 0.0264. The van der Waals surface area contributed by atoms with Gasteiger partial charge < -0.3 is 19.8 Å². The summed E-state index contributed by atoms with van der Waals surface area (Å²) in [4.78, 5) is 42.4. The molecule has 0 unspecified atom stereocenters. The van der Waals surface area contributed by atoms with Crippen LogP contribution in [0.25, 0.3) is 10.9 Å². The van der Waals surface area contributed by atoms with Gasteiger partial charge in [-0.25, -0.2) is 9.78 Å². The summed E-state index contributed by atoms with van der Waals surface area (Å²) >= 11 is 0. The predicted molar refractivity (Wildman–Crippen MR) is 95.7 cm³/mol. The molecule has 8 nitrogen and oxygen atoms in total. The predicted octanol–water partition coefficient (Wildman–Crippen LogP) is 2.44. The molecule has 0 saturated heterocycles. The smallest absolute Gasteiger partial charge is 0.407 e. The van der Waals surface area contributed by atoms with Crippen LogP contribution in [0.4, 0.5) is 4.79 Å². The zero-order valence-corrected chi connectivity index (χ0v) is 15.3. The Morgan fingerprint density at radius 3 is 2.65 bits per heavy atom. The maximum atomic E-state index is 12.1. The van der Waals surface area contributed by atoms with E-state index in [4.69, 9.17) is 9.47 Å². The van der Waals surface area contributed by atoms with Gasteiger partial charge in [-0.3, -0.25) is 9.59 Å². The number of esters is 1. The standard InChI is InChI=1S/C18H23N3O5/c1-11(15-20-13-8-6-5-7-12(13)16(23)21-15)25-14(22)9-10-19-17(24)26-18(2,3)4/h5-8,11H,9-10H2,1-4H3,(H,19,24)(H,20,21,23)/t11-/m1/s1. The van der Waals surface area contributed by atoms with Crippen molar-refractivity contribution < 1.29 is 19.1 Å². The fourth-order valence-corrected chi connectivity index (χ4v) is 2.19. The molecule has 0 aliphatic carbocycles.